The maximum Gasteiger partial charge on any atom is 0.164 e. The second kappa shape index (κ2) is 4.16. The number of hydrogen-bond acceptors (Lipinski definition) is 2. The van der Waals surface area contributed by atoms with Crippen LogP contribution in [0, 0.1) is 5.41 Å². The zero-order chi connectivity index (χ0) is 8.91. The molecule has 0 spiro atoms. The fourth-order valence-electron chi connectivity index (χ4n) is 0.456. The van der Waals surface area contributed by atoms with Crippen molar-refractivity contribution in [2.45, 2.75) is 27.7 Å². The molecule has 64 valence electrons. The summed E-state index contributed by atoms with van der Waals surface area (Å²) in [6.07, 6.45) is 2.93. The SMILES string of the molecule is CCOC=CC(=O)C(C)(C)C. The van der Waals surface area contributed by atoms with Gasteiger partial charge in [-0.25, -0.2) is 0 Å². The van der Waals surface area contributed by atoms with E-state index in [9.17, 15) is 4.79 Å². The highest BCUT2D eigenvalue weighted by atomic mass is 16.5. The molecule has 0 aliphatic rings. The van der Waals surface area contributed by atoms with Crippen molar-refractivity contribution in [3.63, 3.8) is 0 Å². The smallest absolute Gasteiger partial charge is 0.164 e. The summed E-state index contributed by atoms with van der Waals surface area (Å²) in [5.74, 6) is 0.0888. The zero-order valence-electron chi connectivity index (χ0n) is 7.68. The Labute approximate surface area is 68.2 Å². The molecule has 2 nitrogen and oxygen atoms in total. The minimum atomic E-state index is -0.298. The van der Waals surface area contributed by atoms with Crippen LogP contribution in [0.25, 0.3) is 0 Å². The van der Waals surface area contributed by atoms with E-state index in [0.717, 1.165) is 0 Å². The van der Waals surface area contributed by atoms with Crippen molar-refractivity contribution < 1.29 is 9.53 Å². The predicted molar refractivity (Wildman–Crippen MR) is 45.2 cm³/mol. The van der Waals surface area contributed by atoms with Crippen LogP contribution in [0.2, 0.25) is 0 Å². The van der Waals surface area contributed by atoms with Crippen molar-refractivity contribution in [2.75, 3.05) is 6.61 Å². The highest BCUT2D eigenvalue weighted by Crippen LogP contribution is 2.14. The van der Waals surface area contributed by atoms with Gasteiger partial charge in [0.2, 0.25) is 0 Å². The largest absolute Gasteiger partial charge is 0.501 e. The Morgan fingerprint density at radius 2 is 2.00 bits per heavy atom. The Kier molecular flexibility index (Phi) is 3.86. The van der Waals surface area contributed by atoms with Crippen molar-refractivity contribution in [3.8, 4) is 0 Å². The minimum Gasteiger partial charge on any atom is -0.501 e. The van der Waals surface area contributed by atoms with Crippen LogP contribution in [0.5, 0.6) is 0 Å². The monoisotopic (exact) mass is 156 g/mol. The lowest BCUT2D eigenvalue weighted by molar-refractivity contribution is -0.121. The van der Waals surface area contributed by atoms with Gasteiger partial charge < -0.3 is 4.74 Å². The predicted octanol–water partition coefficient (Wildman–Crippen LogP) is 2.15. The average Bonchev–Trinajstić information content (AvgIpc) is 1.86. The molecule has 0 rings (SSSR count). The Morgan fingerprint density at radius 3 is 2.36 bits per heavy atom. The first-order chi connectivity index (χ1) is 4.98. The van der Waals surface area contributed by atoms with E-state index in [4.69, 9.17) is 4.74 Å². The van der Waals surface area contributed by atoms with Gasteiger partial charge in [0.25, 0.3) is 0 Å². The third-order valence-electron chi connectivity index (χ3n) is 1.22. The molecular weight excluding hydrogens is 140 g/mol. The van der Waals surface area contributed by atoms with Crippen LogP contribution >= 0.6 is 0 Å². The van der Waals surface area contributed by atoms with Gasteiger partial charge in [0.15, 0.2) is 5.78 Å². The molecule has 0 aromatic rings. The van der Waals surface area contributed by atoms with Crippen molar-refractivity contribution in [1.82, 2.24) is 0 Å². The van der Waals surface area contributed by atoms with Gasteiger partial charge in [0.1, 0.15) is 0 Å². The topological polar surface area (TPSA) is 26.3 Å². The first kappa shape index (κ1) is 10.2. The van der Waals surface area contributed by atoms with Gasteiger partial charge in [-0.2, -0.15) is 0 Å². The highest BCUT2D eigenvalue weighted by molar-refractivity contribution is 5.93. The lowest BCUT2D eigenvalue weighted by Gasteiger charge is -2.12. The molecule has 0 bridgehead atoms. The third-order valence-corrected chi connectivity index (χ3v) is 1.22. The quantitative estimate of drug-likeness (QED) is 0.462. The Morgan fingerprint density at radius 1 is 1.45 bits per heavy atom. The van der Waals surface area contributed by atoms with E-state index in [1.165, 1.54) is 12.3 Å². The second-order valence-corrected chi connectivity index (χ2v) is 3.37. The molecule has 0 saturated carbocycles. The number of ether oxygens (including phenoxy) is 1. The summed E-state index contributed by atoms with van der Waals surface area (Å²) in [5.41, 5.74) is -0.298. The Balaban J connectivity index is 3.88. The molecule has 0 fully saturated rings. The van der Waals surface area contributed by atoms with Gasteiger partial charge in [0, 0.05) is 11.5 Å². The van der Waals surface area contributed by atoms with E-state index in [0.29, 0.717) is 6.61 Å². The van der Waals surface area contributed by atoms with E-state index >= 15 is 0 Å². The normalized spacial score (nSPS) is 12.0. The van der Waals surface area contributed by atoms with E-state index < -0.39 is 0 Å². The highest BCUT2D eigenvalue weighted by Gasteiger charge is 2.17. The molecule has 0 unspecified atom stereocenters. The number of carbonyl (C=O) groups is 1. The van der Waals surface area contributed by atoms with Crippen molar-refractivity contribution >= 4 is 5.78 Å². The molecule has 2 heteroatoms. The lowest BCUT2D eigenvalue weighted by atomic mass is 9.91. The van der Waals surface area contributed by atoms with Gasteiger partial charge in [-0.05, 0) is 6.92 Å². The Hall–Kier alpha value is -0.790. The van der Waals surface area contributed by atoms with Crippen molar-refractivity contribution in [2.24, 2.45) is 5.41 Å². The maximum absolute atomic E-state index is 11.2. The fourth-order valence-corrected chi connectivity index (χ4v) is 0.456. The molecule has 0 N–H and O–H groups in total. The lowest BCUT2D eigenvalue weighted by Crippen LogP contribution is -2.17. The van der Waals surface area contributed by atoms with Gasteiger partial charge in [-0.3, -0.25) is 4.79 Å². The van der Waals surface area contributed by atoms with Crippen LogP contribution in [0.4, 0.5) is 0 Å². The van der Waals surface area contributed by atoms with Gasteiger partial charge >= 0.3 is 0 Å². The first-order valence-corrected chi connectivity index (χ1v) is 3.81. The standard InChI is InChI=1S/C9H16O2/c1-5-11-7-6-8(10)9(2,3)4/h6-7H,5H2,1-4H3. The average molecular weight is 156 g/mol. The molecule has 11 heavy (non-hydrogen) atoms. The summed E-state index contributed by atoms with van der Waals surface area (Å²) >= 11 is 0. The molecule has 0 aliphatic carbocycles. The minimum absolute atomic E-state index is 0.0888. The summed E-state index contributed by atoms with van der Waals surface area (Å²) in [7, 11) is 0. The van der Waals surface area contributed by atoms with Crippen LogP contribution in [-0.4, -0.2) is 12.4 Å². The molecule has 0 aromatic heterocycles. The number of rotatable bonds is 3. The van der Waals surface area contributed by atoms with Crippen molar-refractivity contribution in [3.05, 3.63) is 12.3 Å². The number of allylic oxidation sites excluding steroid dienone is 1. The summed E-state index contributed by atoms with van der Waals surface area (Å²) in [6, 6.07) is 0. The van der Waals surface area contributed by atoms with E-state index in [-0.39, 0.29) is 11.2 Å². The van der Waals surface area contributed by atoms with Gasteiger partial charge in [-0.15, -0.1) is 0 Å². The van der Waals surface area contributed by atoms with E-state index in [2.05, 4.69) is 0 Å². The van der Waals surface area contributed by atoms with Gasteiger partial charge in [-0.1, -0.05) is 20.8 Å². The molecule has 0 saturated heterocycles. The Bertz CT molecular complexity index is 151. The number of ketones is 1. The molecule has 0 radical (unpaired) electrons. The number of hydrogen-bond donors (Lipinski definition) is 0. The van der Waals surface area contributed by atoms with Crippen molar-refractivity contribution in [1.29, 1.82) is 0 Å². The second-order valence-electron chi connectivity index (χ2n) is 3.37. The van der Waals surface area contributed by atoms with Crippen LogP contribution in [0.1, 0.15) is 27.7 Å². The summed E-state index contributed by atoms with van der Waals surface area (Å²) in [4.78, 5) is 11.2. The van der Waals surface area contributed by atoms with Crippen LogP contribution in [0.15, 0.2) is 12.3 Å². The van der Waals surface area contributed by atoms with E-state index in [1.54, 1.807) is 0 Å². The zero-order valence-corrected chi connectivity index (χ0v) is 7.68. The molecule has 0 amide bonds. The fraction of sp³-hybridized carbons (Fsp3) is 0.667. The first-order valence-electron chi connectivity index (χ1n) is 3.81. The number of carbonyl (C=O) groups excluding carboxylic acids is 1. The van der Waals surface area contributed by atoms with Crippen LogP contribution in [-0.2, 0) is 9.53 Å². The summed E-state index contributed by atoms with van der Waals surface area (Å²) in [5, 5.41) is 0. The van der Waals surface area contributed by atoms with E-state index in [1.807, 2.05) is 27.7 Å². The summed E-state index contributed by atoms with van der Waals surface area (Å²) in [6.45, 7) is 8.13. The molecule has 0 heterocycles. The molecule has 0 atom stereocenters. The maximum atomic E-state index is 11.2. The molecule has 0 aromatic carbocycles. The van der Waals surface area contributed by atoms with Gasteiger partial charge in [0.05, 0.1) is 12.9 Å². The third kappa shape index (κ3) is 4.59. The van der Waals surface area contributed by atoms with Crippen LogP contribution in [0.3, 0.4) is 0 Å². The summed E-state index contributed by atoms with van der Waals surface area (Å²) < 4.78 is 4.90. The molecular formula is C9H16O2. The van der Waals surface area contributed by atoms with Crippen LogP contribution < -0.4 is 0 Å². The molecule has 0 aliphatic heterocycles.